The lowest BCUT2D eigenvalue weighted by Crippen LogP contribution is -2.22. The topological polar surface area (TPSA) is 34.0 Å². The molecule has 2 heterocycles. The molecule has 2 aromatic heterocycles. The van der Waals surface area contributed by atoms with Gasteiger partial charge in [-0.1, -0.05) is 11.6 Å². The molecule has 0 unspecified atom stereocenters. The maximum atomic E-state index is 12.1. The molecule has 0 aliphatic rings. The van der Waals surface area contributed by atoms with Gasteiger partial charge >= 0.3 is 0 Å². The smallest absolute Gasteiger partial charge is 0.251 e. The summed E-state index contributed by atoms with van der Waals surface area (Å²) in [6, 6.07) is 12.9. The highest BCUT2D eigenvalue weighted by Crippen LogP contribution is 2.21. The number of amides is 1. The number of hydrogen-bond acceptors (Lipinski definition) is 2. The van der Waals surface area contributed by atoms with E-state index in [9.17, 15) is 4.79 Å². The molecule has 1 N–H and O–H groups in total. The number of hydrogen-bond donors (Lipinski definition) is 1. The molecule has 0 spiro atoms. The maximum Gasteiger partial charge on any atom is 0.251 e. The van der Waals surface area contributed by atoms with Crippen LogP contribution in [0.2, 0.25) is 5.02 Å². The van der Waals surface area contributed by atoms with Gasteiger partial charge < -0.3 is 9.88 Å². The van der Waals surface area contributed by atoms with Gasteiger partial charge in [0, 0.05) is 27.9 Å². The summed E-state index contributed by atoms with van der Waals surface area (Å²) < 4.78 is 2.04. The molecule has 0 fully saturated rings. The lowest BCUT2D eigenvalue weighted by molar-refractivity contribution is 0.0951. The van der Waals surface area contributed by atoms with Crippen LogP contribution in [0.15, 0.2) is 60.2 Å². The zero-order valence-corrected chi connectivity index (χ0v) is 12.7. The largest absolute Gasteiger partial charge is 0.347 e. The Bertz CT molecular complexity index is 732. The Balaban J connectivity index is 1.70. The van der Waals surface area contributed by atoms with E-state index in [0.29, 0.717) is 17.1 Å². The van der Waals surface area contributed by atoms with Crippen molar-refractivity contribution in [1.82, 2.24) is 9.88 Å². The van der Waals surface area contributed by atoms with Gasteiger partial charge in [-0.05, 0) is 47.8 Å². The van der Waals surface area contributed by atoms with Crippen molar-refractivity contribution in [2.75, 3.05) is 0 Å². The van der Waals surface area contributed by atoms with Crippen molar-refractivity contribution < 1.29 is 4.79 Å². The summed E-state index contributed by atoms with van der Waals surface area (Å²) >= 11 is 7.45. The number of nitrogens with one attached hydrogen (secondary N) is 1. The fourth-order valence-corrected chi connectivity index (χ4v) is 2.99. The zero-order chi connectivity index (χ0) is 14.7. The number of halogens is 1. The molecule has 0 aliphatic heterocycles. The fourth-order valence-electron chi connectivity index (χ4n) is 2.06. The number of rotatable bonds is 4. The summed E-state index contributed by atoms with van der Waals surface area (Å²) in [4.78, 5) is 13.2. The lowest BCUT2D eigenvalue weighted by Gasteiger charge is -2.07. The third-order valence-electron chi connectivity index (χ3n) is 3.12. The van der Waals surface area contributed by atoms with Crippen LogP contribution in [0.3, 0.4) is 0 Å². The van der Waals surface area contributed by atoms with Gasteiger partial charge in [0.05, 0.1) is 12.2 Å². The van der Waals surface area contributed by atoms with Crippen molar-refractivity contribution in [3.05, 3.63) is 75.7 Å². The van der Waals surface area contributed by atoms with Crippen LogP contribution in [-0.2, 0) is 6.54 Å². The SMILES string of the molecule is O=C(NCc1sccc1-n1cccc1)c1ccc(Cl)cc1. The zero-order valence-electron chi connectivity index (χ0n) is 11.1. The molecule has 0 aliphatic carbocycles. The molecule has 1 amide bonds. The van der Waals surface area contributed by atoms with E-state index in [1.165, 1.54) is 0 Å². The first kappa shape index (κ1) is 13.9. The quantitative estimate of drug-likeness (QED) is 0.771. The fraction of sp³-hybridized carbons (Fsp3) is 0.0625. The molecule has 0 bridgehead atoms. The molecular formula is C16H13ClN2OS. The summed E-state index contributed by atoms with van der Waals surface area (Å²) in [5.74, 6) is -0.0986. The van der Waals surface area contributed by atoms with E-state index in [-0.39, 0.29) is 5.91 Å². The number of thiophene rings is 1. The summed E-state index contributed by atoms with van der Waals surface area (Å²) in [5.41, 5.74) is 1.71. The minimum atomic E-state index is -0.0986. The Morgan fingerprint density at radius 1 is 1.14 bits per heavy atom. The Morgan fingerprint density at radius 2 is 1.86 bits per heavy atom. The van der Waals surface area contributed by atoms with E-state index in [2.05, 4.69) is 11.4 Å². The first-order valence-electron chi connectivity index (χ1n) is 6.47. The van der Waals surface area contributed by atoms with Gasteiger partial charge in [0.15, 0.2) is 0 Å². The maximum absolute atomic E-state index is 12.1. The van der Waals surface area contributed by atoms with E-state index in [1.54, 1.807) is 35.6 Å². The van der Waals surface area contributed by atoms with Gasteiger partial charge in [-0.2, -0.15) is 0 Å². The van der Waals surface area contributed by atoms with Gasteiger partial charge in [0.1, 0.15) is 0 Å². The van der Waals surface area contributed by atoms with Crippen molar-refractivity contribution in [3.63, 3.8) is 0 Å². The highest BCUT2D eigenvalue weighted by Gasteiger charge is 2.09. The number of benzene rings is 1. The highest BCUT2D eigenvalue weighted by molar-refractivity contribution is 7.10. The normalized spacial score (nSPS) is 10.5. The van der Waals surface area contributed by atoms with Crippen molar-refractivity contribution in [3.8, 4) is 5.69 Å². The summed E-state index contributed by atoms with van der Waals surface area (Å²) in [6.07, 6.45) is 3.99. The Labute approximate surface area is 131 Å². The van der Waals surface area contributed by atoms with E-state index in [1.807, 2.05) is 34.5 Å². The van der Waals surface area contributed by atoms with Crippen LogP contribution < -0.4 is 5.32 Å². The van der Waals surface area contributed by atoms with Crippen LogP contribution in [0.1, 0.15) is 15.2 Å². The first-order chi connectivity index (χ1) is 10.2. The molecule has 1 aromatic carbocycles. The predicted molar refractivity (Wildman–Crippen MR) is 86.3 cm³/mol. The summed E-state index contributed by atoms with van der Waals surface area (Å²) in [7, 11) is 0. The lowest BCUT2D eigenvalue weighted by atomic mass is 10.2. The molecule has 0 radical (unpaired) electrons. The third-order valence-corrected chi connectivity index (χ3v) is 4.28. The van der Waals surface area contributed by atoms with Crippen LogP contribution in [-0.4, -0.2) is 10.5 Å². The second kappa shape index (κ2) is 6.16. The molecule has 3 nitrogen and oxygen atoms in total. The first-order valence-corrected chi connectivity index (χ1v) is 7.73. The number of carbonyl (C=O) groups is 1. The van der Waals surface area contributed by atoms with Crippen molar-refractivity contribution in [2.45, 2.75) is 6.54 Å². The minimum Gasteiger partial charge on any atom is -0.347 e. The monoisotopic (exact) mass is 316 g/mol. The van der Waals surface area contributed by atoms with Crippen LogP contribution in [0, 0.1) is 0 Å². The average Bonchev–Trinajstić information content (AvgIpc) is 3.16. The Kier molecular flexibility index (Phi) is 4.08. The minimum absolute atomic E-state index is 0.0986. The molecular weight excluding hydrogens is 304 g/mol. The van der Waals surface area contributed by atoms with Crippen molar-refractivity contribution >= 4 is 28.8 Å². The van der Waals surface area contributed by atoms with Crippen molar-refractivity contribution in [1.29, 1.82) is 0 Å². The second-order valence-corrected chi connectivity index (χ2v) is 5.95. The van der Waals surface area contributed by atoms with Crippen LogP contribution in [0.4, 0.5) is 0 Å². The molecule has 5 heteroatoms. The Morgan fingerprint density at radius 3 is 2.57 bits per heavy atom. The number of carbonyl (C=O) groups excluding carboxylic acids is 1. The average molecular weight is 317 g/mol. The number of aromatic nitrogens is 1. The van der Waals surface area contributed by atoms with Gasteiger partial charge in [-0.15, -0.1) is 11.3 Å². The summed E-state index contributed by atoms with van der Waals surface area (Å²) in [5, 5.41) is 5.59. The van der Waals surface area contributed by atoms with Crippen LogP contribution in [0.5, 0.6) is 0 Å². The Hall–Kier alpha value is -2.04. The molecule has 0 saturated carbocycles. The van der Waals surface area contributed by atoms with E-state index in [4.69, 9.17) is 11.6 Å². The van der Waals surface area contributed by atoms with E-state index < -0.39 is 0 Å². The standard InChI is InChI=1S/C16H13ClN2OS/c17-13-5-3-12(4-6-13)16(20)18-11-15-14(7-10-21-15)19-8-1-2-9-19/h1-10H,11H2,(H,18,20). The van der Waals surface area contributed by atoms with E-state index in [0.717, 1.165) is 10.6 Å². The van der Waals surface area contributed by atoms with Gasteiger partial charge in [0.2, 0.25) is 0 Å². The molecule has 3 rings (SSSR count). The van der Waals surface area contributed by atoms with Crippen LogP contribution in [0.25, 0.3) is 5.69 Å². The molecule has 0 saturated heterocycles. The summed E-state index contributed by atoms with van der Waals surface area (Å²) in [6.45, 7) is 0.507. The van der Waals surface area contributed by atoms with Gasteiger partial charge in [-0.3, -0.25) is 4.79 Å². The molecule has 0 atom stereocenters. The highest BCUT2D eigenvalue weighted by atomic mass is 35.5. The van der Waals surface area contributed by atoms with Gasteiger partial charge in [-0.25, -0.2) is 0 Å². The molecule has 106 valence electrons. The second-order valence-electron chi connectivity index (χ2n) is 4.51. The predicted octanol–water partition coefficient (Wildman–Crippen LogP) is 4.12. The van der Waals surface area contributed by atoms with Gasteiger partial charge in [0.25, 0.3) is 5.91 Å². The molecule has 21 heavy (non-hydrogen) atoms. The molecule has 3 aromatic rings. The van der Waals surface area contributed by atoms with E-state index >= 15 is 0 Å². The van der Waals surface area contributed by atoms with Crippen molar-refractivity contribution in [2.24, 2.45) is 0 Å². The van der Waals surface area contributed by atoms with Crippen LogP contribution >= 0.6 is 22.9 Å². The number of nitrogens with zero attached hydrogens (tertiary/aromatic N) is 1. The third kappa shape index (κ3) is 3.17.